The first-order valence-electron chi connectivity index (χ1n) is 7.88. The zero-order valence-corrected chi connectivity index (χ0v) is 13.3. The van der Waals surface area contributed by atoms with E-state index in [4.69, 9.17) is 10.8 Å². The molecule has 21 heavy (non-hydrogen) atoms. The quantitative estimate of drug-likeness (QED) is 0.725. The minimum atomic E-state index is -0.806. The van der Waals surface area contributed by atoms with Crippen LogP contribution in [0, 0.1) is 5.92 Å². The summed E-state index contributed by atoms with van der Waals surface area (Å²) in [6.07, 6.45) is 3.63. The third-order valence-electron chi connectivity index (χ3n) is 3.98. The van der Waals surface area contributed by atoms with E-state index in [9.17, 15) is 9.59 Å². The van der Waals surface area contributed by atoms with E-state index < -0.39 is 5.97 Å². The summed E-state index contributed by atoms with van der Waals surface area (Å²) >= 11 is 0. The Morgan fingerprint density at radius 3 is 2.48 bits per heavy atom. The van der Waals surface area contributed by atoms with E-state index in [-0.39, 0.29) is 24.4 Å². The van der Waals surface area contributed by atoms with Gasteiger partial charge in [0.1, 0.15) is 0 Å². The molecule has 3 N–H and O–H groups in total. The maximum atomic E-state index is 12.4. The Labute approximate surface area is 127 Å². The summed E-state index contributed by atoms with van der Waals surface area (Å²) in [5.41, 5.74) is 5.72. The highest BCUT2D eigenvalue weighted by atomic mass is 16.4. The first kappa shape index (κ1) is 17.9. The molecule has 0 aromatic rings. The van der Waals surface area contributed by atoms with E-state index in [1.165, 1.54) is 0 Å². The summed E-state index contributed by atoms with van der Waals surface area (Å²) in [7, 11) is 0. The molecule has 0 spiro atoms. The van der Waals surface area contributed by atoms with Crippen LogP contribution in [-0.4, -0.2) is 65.5 Å². The number of amides is 1. The molecule has 0 aromatic carbocycles. The minimum absolute atomic E-state index is 0.0229. The number of hydrogen-bond donors (Lipinski definition) is 2. The standard InChI is InChI=1S/C15H29N3O3/c1-12(5-3-6-13(2)16)15(21)18-8-4-7-17(9-10-18)11-14(19)20/h12-13H,3-11,16H2,1-2H3,(H,19,20). The van der Waals surface area contributed by atoms with E-state index in [2.05, 4.69) is 0 Å². The van der Waals surface area contributed by atoms with E-state index in [0.717, 1.165) is 38.8 Å². The van der Waals surface area contributed by atoms with Crippen molar-refractivity contribution in [2.24, 2.45) is 11.7 Å². The fraction of sp³-hybridized carbons (Fsp3) is 0.867. The number of carboxylic acid groups (broad SMARTS) is 1. The van der Waals surface area contributed by atoms with Crippen LogP contribution in [0.3, 0.4) is 0 Å². The van der Waals surface area contributed by atoms with Crippen molar-refractivity contribution in [3.8, 4) is 0 Å². The van der Waals surface area contributed by atoms with Crippen LogP contribution >= 0.6 is 0 Å². The van der Waals surface area contributed by atoms with Gasteiger partial charge in [-0.05, 0) is 26.2 Å². The van der Waals surface area contributed by atoms with Crippen molar-refractivity contribution in [2.75, 3.05) is 32.7 Å². The van der Waals surface area contributed by atoms with Crippen LogP contribution in [0.1, 0.15) is 39.5 Å². The van der Waals surface area contributed by atoms with Gasteiger partial charge in [0, 0.05) is 38.1 Å². The van der Waals surface area contributed by atoms with Gasteiger partial charge in [0.15, 0.2) is 0 Å². The Morgan fingerprint density at radius 2 is 1.86 bits per heavy atom. The number of aliphatic carboxylic acids is 1. The van der Waals surface area contributed by atoms with E-state index in [0.29, 0.717) is 13.1 Å². The molecule has 1 aliphatic heterocycles. The molecule has 0 aliphatic carbocycles. The molecule has 6 heteroatoms. The molecule has 0 saturated carbocycles. The van der Waals surface area contributed by atoms with Gasteiger partial charge in [-0.2, -0.15) is 0 Å². The average Bonchev–Trinajstić information content (AvgIpc) is 2.62. The molecule has 1 aliphatic rings. The first-order valence-corrected chi connectivity index (χ1v) is 7.88. The largest absolute Gasteiger partial charge is 0.480 e. The fourth-order valence-corrected chi connectivity index (χ4v) is 2.72. The molecule has 1 fully saturated rings. The van der Waals surface area contributed by atoms with Crippen molar-refractivity contribution in [3.63, 3.8) is 0 Å². The lowest BCUT2D eigenvalue weighted by Crippen LogP contribution is -2.39. The van der Waals surface area contributed by atoms with Crippen LogP contribution in [0.5, 0.6) is 0 Å². The lowest BCUT2D eigenvalue weighted by molar-refractivity contribution is -0.138. The molecular formula is C15H29N3O3. The minimum Gasteiger partial charge on any atom is -0.480 e. The molecular weight excluding hydrogens is 270 g/mol. The van der Waals surface area contributed by atoms with Crippen LogP contribution in [0.2, 0.25) is 0 Å². The number of carbonyl (C=O) groups excluding carboxylic acids is 1. The number of carbonyl (C=O) groups is 2. The van der Waals surface area contributed by atoms with Crippen molar-refractivity contribution >= 4 is 11.9 Å². The van der Waals surface area contributed by atoms with Gasteiger partial charge in [0.05, 0.1) is 6.54 Å². The molecule has 122 valence electrons. The van der Waals surface area contributed by atoms with Gasteiger partial charge in [-0.15, -0.1) is 0 Å². The summed E-state index contributed by atoms with van der Waals surface area (Å²) in [5.74, 6) is -0.592. The summed E-state index contributed by atoms with van der Waals surface area (Å²) < 4.78 is 0. The van der Waals surface area contributed by atoms with Crippen molar-refractivity contribution in [1.29, 1.82) is 0 Å². The fourth-order valence-electron chi connectivity index (χ4n) is 2.72. The topological polar surface area (TPSA) is 86.9 Å². The predicted octanol–water partition coefficient (Wildman–Crippen LogP) is 0.759. The molecule has 1 heterocycles. The van der Waals surface area contributed by atoms with Crippen LogP contribution in [0.4, 0.5) is 0 Å². The zero-order valence-electron chi connectivity index (χ0n) is 13.3. The number of nitrogens with two attached hydrogens (primary N) is 1. The van der Waals surface area contributed by atoms with Crippen LogP contribution in [0.15, 0.2) is 0 Å². The molecule has 0 radical (unpaired) electrons. The molecule has 1 saturated heterocycles. The van der Waals surface area contributed by atoms with Crippen LogP contribution < -0.4 is 5.73 Å². The lowest BCUT2D eigenvalue weighted by atomic mass is 10.0. The van der Waals surface area contributed by atoms with Gasteiger partial charge >= 0.3 is 5.97 Å². The summed E-state index contributed by atoms with van der Waals surface area (Å²) in [5, 5.41) is 8.83. The predicted molar refractivity (Wildman–Crippen MR) is 81.9 cm³/mol. The zero-order chi connectivity index (χ0) is 15.8. The van der Waals surface area contributed by atoms with Gasteiger partial charge in [-0.25, -0.2) is 0 Å². The van der Waals surface area contributed by atoms with Gasteiger partial charge in [0.25, 0.3) is 0 Å². The normalized spacial score (nSPS) is 19.9. The van der Waals surface area contributed by atoms with Gasteiger partial charge < -0.3 is 15.7 Å². The third-order valence-corrected chi connectivity index (χ3v) is 3.98. The molecule has 0 bridgehead atoms. The smallest absolute Gasteiger partial charge is 0.317 e. The van der Waals surface area contributed by atoms with Crippen LogP contribution in [-0.2, 0) is 9.59 Å². The van der Waals surface area contributed by atoms with E-state index in [1.807, 2.05) is 23.6 Å². The number of hydrogen-bond acceptors (Lipinski definition) is 4. The summed E-state index contributed by atoms with van der Waals surface area (Å²) in [6.45, 7) is 6.77. The second-order valence-electron chi connectivity index (χ2n) is 6.16. The highest BCUT2D eigenvalue weighted by Gasteiger charge is 2.23. The number of carboxylic acids is 1. The molecule has 1 rings (SSSR count). The highest BCUT2D eigenvalue weighted by molar-refractivity contribution is 5.78. The number of rotatable bonds is 7. The van der Waals surface area contributed by atoms with Crippen molar-refractivity contribution in [3.05, 3.63) is 0 Å². The van der Waals surface area contributed by atoms with E-state index in [1.54, 1.807) is 0 Å². The maximum Gasteiger partial charge on any atom is 0.317 e. The van der Waals surface area contributed by atoms with Crippen molar-refractivity contribution in [2.45, 2.75) is 45.6 Å². The Balaban J connectivity index is 2.38. The SMILES string of the molecule is CC(N)CCCC(C)C(=O)N1CCCN(CC(=O)O)CC1. The highest BCUT2D eigenvalue weighted by Crippen LogP contribution is 2.14. The van der Waals surface area contributed by atoms with Gasteiger partial charge in [0.2, 0.25) is 5.91 Å². The Morgan fingerprint density at radius 1 is 1.14 bits per heavy atom. The summed E-state index contributed by atoms with van der Waals surface area (Å²) in [4.78, 5) is 26.9. The second kappa shape index (κ2) is 9.00. The Kier molecular flexibility index (Phi) is 7.67. The average molecular weight is 299 g/mol. The Bertz CT molecular complexity index is 347. The van der Waals surface area contributed by atoms with Crippen molar-refractivity contribution < 1.29 is 14.7 Å². The van der Waals surface area contributed by atoms with Gasteiger partial charge in [-0.3, -0.25) is 14.5 Å². The third kappa shape index (κ3) is 6.91. The molecule has 6 nitrogen and oxygen atoms in total. The maximum absolute atomic E-state index is 12.4. The first-order chi connectivity index (χ1) is 9.90. The number of nitrogens with zero attached hydrogens (tertiary/aromatic N) is 2. The van der Waals surface area contributed by atoms with Crippen molar-refractivity contribution in [1.82, 2.24) is 9.80 Å². The molecule has 2 atom stereocenters. The lowest BCUT2D eigenvalue weighted by Gasteiger charge is -2.24. The summed E-state index contributed by atoms with van der Waals surface area (Å²) in [6, 6.07) is 0.190. The van der Waals surface area contributed by atoms with Crippen LogP contribution in [0.25, 0.3) is 0 Å². The Hall–Kier alpha value is -1.14. The molecule has 2 unspecified atom stereocenters. The monoisotopic (exact) mass is 299 g/mol. The van der Waals surface area contributed by atoms with E-state index >= 15 is 0 Å². The second-order valence-corrected chi connectivity index (χ2v) is 6.16. The van der Waals surface area contributed by atoms with Gasteiger partial charge in [-0.1, -0.05) is 13.3 Å². The molecule has 0 aromatic heterocycles. The molecule has 1 amide bonds.